The lowest BCUT2D eigenvalue weighted by molar-refractivity contribution is -0.145. The maximum absolute atomic E-state index is 12.6. The molecule has 6 heteroatoms. The summed E-state index contributed by atoms with van der Waals surface area (Å²) in [7, 11) is 1.39. The van der Waals surface area contributed by atoms with Crippen molar-refractivity contribution in [3.05, 3.63) is 0 Å². The average molecular weight is 362 g/mol. The van der Waals surface area contributed by atoms with E-state index >= 15 is 0 Å². The normalized spacial score (nSPS) is 32.5. The molecule has 0 aromatic heterocycles. The van der Waals surface area contributed by atoms with Crippen LogP contribution in [0.15, 0.2) is 0 Å². The molecule has 2 heterocycles. The van der Waals surface area contributed by atoms with E-state index in [0.717, 1.165) is 25.7 Å². The first-order valence-corrected chi connectivity index (χ1v) is 8.27. The molecule has 2 saturated heterocycles. The number of halogens is 1. The highest BCUT2D eigenvalue weighted by Gasteiger charge is 2.55. The summed E-state index contributed by atoms with van der Waals surface area (Å²) in [5, 5.41) is 0. The second kappa shape index (κ2) is 5.78. The summed E-state index contributed by atoms with van der Waals surface area (Å²) in [4.78, 5) is 26.6. The quantitative estimate of drug-likeness (QED) is 0.531. The van der Waals surface area contributed by atoms with Gasteiger partial charge in [-0.05, 0) is 52.9 Å². The number of alkyl halides is 1. The lowest BCUT2D eigenvalue weighted by atomic mass is 9.90. The lowest BCUT2D eigenvalue weighted by Crippen LogP contribution is -2.54. The molecule has 2 rings (SSSR count). The molecule has 1 amide bonds. The van der Waals surface area contributed by atoms with E-state index in [9.17, 15) is 9.59 Å². The summed E-state index contributed by atoms with van der Waals surface area (Å²) in [6.07, 6.45) is 3.85. The van der Waals surface area contributed by atoms with Crippen LogP contribution in [0.4, 0.5) is 4.79 Å². The maximum Gasteiger partial charge on any atom is 0.410 e. The lowest BCUT2D eigenvalue weighted by Gasteiger charge is -2.37. The number of esters is 1. The second-order valence-corrected chi connectivity index (χ2v) is 8.30. The van der Waals surface area contributed by atoms with Gasteiger partial charge in [0.15, 0.2) is 0 Å². The van der Waals surface area contributed by atoms with Crippen molar-refractivity contribution < 1.29 is 19.1 Å². The van der Waals surface area contributed by atoms with E-state index in [4.69, 9.17) is 9.47 Å². The molecule has 0 spiro atoms. The number of fused-ring (bicyclic) bond motifs is 2. The van der Waals surface area contributed by atoms with Gasteiger partial charge in [0.25, 0.3) is 0 Å². The molecular formula is C15H24BrNO4. The largest absolute Gasteiger partial charge is 0.468 e. The van der Waals surface area contributed by atoms with E-state index < -0.39 is 9.93 Å². The fraction of sp³-hybridized carbons (Fsp3) is 0.867. The van der Waals surface area contributed by atoms with Crippen molar-refractivity contribution in [1.82, 2.24) is 4.90 Å². The van der Waals surface area contributed by atoms with Gasteiger partial charge in [-0.3, -0.25) is 4.79 Å². The van der Waals surface area contributed by atoms with Gasteiger partial charge in [-0.15, -0.1) is 0 Å². The van der Waals surface area contributed by atoms with Gasteiger partial charge in [-0.25, -0.2) is 4.79 Å². The topological polar surface area (TPSA) is 55.8 Å². The number of rotatable bonds is 1. The molecule has 2 aliphatic heterocycles. The van der Waals surface area contributed by atoms with E-state index in [-0.39, 0.29) is 24.1 Å². The van der Waals surface area contributed by atoms with Crippen molar-refractivity contribution in [2.24, 2.45) is 0 Å². The van der Waals surface area contributed by atoms with Crippen LogP contribution in [0.1, 0.15) is 52.9 Å². The summed E-state index contributed by atoms with van der Waals surface area (Å²) in [6.45, 7) is 5.56. The Bertz CT molecular complexity index is 434. The molecule has 2 aliphatic rings. The van der Waals surface area contributed by atoms with Crippen LogP contribution in [0.5, 0.6) is 0 Å². The molecule has 120 valence electrons. The number of ether oxygens (including phenoxy) is 2. The molecule has 5 nitrogen and oxygen atoms in total. The number of nitrogens with zero attached hydrogens (tertiary/aromatic N) is 1. The van der Waals surface area contributed by atoms with Gasteiger partial charge >= 0.3 is 12.1 Å². The molecule has 2 bridgehead atoms. The first-order chi connectivity index (χ1) is 9.69. The SMILES string of the molecule is COC(=O)[C@@]1(Br)CCC[C@@H]2CC[C@H]1N2C(=O)OC(C)(C)C. The predicted molar refractivity (Wildman–Crippen MR) is 82.4 cm³/mol. The molecule has 0 unspecified atom stereocenters. The number of carbonyl (C=O) groups excluding carboxylic acids is 2. The van der Waals surface area contributed by atoms with Crippen LogP contribution in [-0.2, 0) is 14.3 Å². The van der Waals surface area contributed by atoms with Crippen LogP contribution in [0.25, 0.3) is 0 Å². The minimum Gasteiger partial charge on any atom is -0.468 e. The van der Waals surface area contributed by atoms with Crippen molar-refractivity contribution in [3.63, 3.8) is 0 Å². The smallest absolute Gasteiger partial charge is 0.410 e. The minimum atomic E-state index is -0.816. The summed E-state index contributed by atoms with van der Waals surface area (Å²) >= 11 is 3.59. The Labute approximate surface area is 134 Å². The molecule has 0 N–H and O–H groups in total. The molecular weight excluding hydrogens is 338 g/mol. The van der Waals surface area contributed by atoms with Crippen LogP contribution in [0, 0.1) is 0 Å². The van der Waals surface area contributed by atoms with E-state index in [1.165, 1.54) is 7.11 Å². The van der Waals surface area contributed by atoms with Gasteiger partial charge < -0.3 is 14.4 Å². The van der Waals surface area contributed by atoms with Crippen molar-refractivity contribution in [2.45, 2.75) is 74.9 Å². The summed E-state index contributed by atoms with van der Waals surface area (Å²) in [5.41, 5.74) is -0.539. The van der Waals surface area contributed by atoms with E-state index in [1.54, 1.807) is 4.90 Å². The minimum absolute atomic E-state index is 0.161. The third-order valence-corrected chi connectivity index (χ3v) is 5.49. The zero-order valence-corrected chi connectivity index (χ0v) is 14.7. The molecule has 0 aliphatic carbocycles. The highest BCUT2D eigenvalue weighted by atomic mass is 79.9. The van der Waals surface area contributed by atoms with Gasteiger partial charge in [-0.2, -0.15) is 0 Å². The van der Waals surface area contributed by atoms with Gasteiger partial charge in [0, 0.05) is 6.04 Å². The number of methoxy groups -OCH3 is 1. The number of hydrogen-bond acceptors (Lipinski definition) is 4. The Kier molecular flexibility index (Phi) is 4.57. The molecule has 3 atom stereocenters. The van der Waals surface area contributed by atoms with Crippen molar-refractivity contribution in [1.29, 1.82) is 0 Å². The highest BCUT2D eigenvalue weighted by molar-refractivity contribution is 9.10. The fourth-order valence-corrected chi connectivity index (χ4v) is 4.27. The molecule has 0 aromatic carbocycles. The van der Waals surface area contributed by atoms with E-state index in [1.807, 2.05) is 20.8 Å². The molecule has 0 aromatic rings. The van der Waals surface area contributed by atoms with Crippen LogP contribution in [0.3, 0.4) is 0 Å². The van der Waals surface area contributed by atoms with Crippen LogP contribution < -0.4 is 0 Å². The van der Waals surface area contributed by atoms with E-state index in [0.29, 0.717) is 6.42 Å². The summed E-state index contributed by atoms with van der Waals surface area (Å²) < 4.78 is 9.68. The fourth-order valence-electron chi connectivity index (χ4n) is 3.38. The third kappa shape index (κ3) is 3.20. The first kappa shape index (κ1) is 16.6. The Morgan fingerprint density at radius 1 is 1.24 bits per heavy atom. The Hall–Kier alpha value is -0.780. The van der Waals surface area contributed by atoms with Crippen molar-refractivity contribution >= 4 is 28.0 Å². The standard InChI is InChI=1S/C15H24BrNO4/c1-14(2,3)21-13(19)17-10-6-5-9-15(16,12(18)20-4)11(17)8-7-10/h10-11H,5-9H2,1-4H3/t10-,11-,15-/m1/s1. The van der Waals surface area contributed by atoms with Gasteiger partial charge in [0.2, 0.25) is 0 Å². The van der Waals surface area contributed by atoms with Crippen molar-refractivity contribution in [2.75, 3.05) is 7.11 Å². The van der Waals surface area contributed by atoms with Crippen LogP contribution >= 0.6 is 15.9 Å². The number of hydrogen-bond donors (Lipinski definition) is 0. The van der Waals surface area contributed by atoms with Crippen LogP contribution in [-0.4, -0.2) is 46.1 Å². The second-order valence-electron chi connectivity index (χ2n) is 6.88. The molecule has 0 radical (unpaired) electrons. The summed E-state index contributed by atoms with van der Waals surface area (Å²) in [5.74, 6) is -0.302. The zero-order valence-electron chi connectivity index (χ0n) is 13.1. The predicted octanol–water partition coefficient (Wildman–Crippen LogP) is 3.25. The Balaban J connectivity index is 2.28. The van der Waals surface area contributed by atoms with Crippen LogP contribution in [0.2, 0.25) is 0 Å². The maximum atomic E-state index is 12.6. The van der Waals surface area contributed by atoms with E-state index in [2.05, 4.69) is 15.9 Å². The van der Waals surface area contributed by atoms with Gasteiger partial charge in [0.05, 0.1) is 13.2 Å². The monoisotopic (exact) mass is 361 g/mol. The van der Waals surface area contributed by atoms with Gasteiger partial charge in [-0.1, -0.05) is 15.9 Å². The Morgan fingerprint density at radius 3 is 2.48 bits per heavy atom. The third-order valence-electron chi connectivity index (χ3n) is 4.24. The van der Waals surface area contributed by atoms with Gasteiger partial charge in [0.1, 0.15) is 9.93 Å². The molecule has 2 fully saturated rings. The zero-order chi connectivity index (χ0) is 15.8. The molecule has 0 saturated carbocycles. The molecule has 21 heavy (non-hydrogen) atoms. The Morgan fingerprint density at radius 2 is 1.90 bits per heavy atom. The average Bonchev–Trinajstić information content (AvgIpc) is 2.72. The highest BCUT2D eigenvalue weighted by Crippen LogP contribution is 2.45. The summed E-state index contributed by atoms with van der Waals surface area (Å²) in [6, 6.07) is -0.0405. The van der Waals surface area contributed by atoms with Crippen molar-refractivity contribution in [3.8, 4) is 0 Å². The first-order valence-electron chi connectivity index (χ1n) is 7.47. The number of carbonyl (C=O) groups is 2. The number of amides is 1.